The maximum absolute atomic E-state index is 13.9. The van der Waals surface area contributed by atoms with Crippen LogP contribution in [0.25, 0.3) is 0 Å². The van der Waals surface area contributed by atoms with E-state index in [9.17, 15) is 9.18 Å². The predicted molar refractivity (Wildman–Crippen MR) is 75.8 cm³/mol. The lowest BCUT2D eigenvalue weighted by Crippen LogP contribution is -2.15. The van der Waals surface area contributed by atoms with E-state index in [-0.39, 0.29) is 17.8 Å². The summed E-state index contributed by atoms with van der Waals surface area (Å²) in [5.74, 6) is 0.400. The average Bonchev–Trinajstić information content (AvgIpc) is 2.84. The first kappa shape index (κ1) is 15.2. The van der Waals surface area contributed by atoms with Crippen LogP contribution in [0.2, 0.25) is 0 Å². The lowest BCUT2D eigenvalue weighted by Gasteiger charge is -2.08. The van der Waals surface area contributed by atoms with Crippen molar-refractivity contribution in [2.75, 3.05) is 7.11 Å². The number of ketones is 1. The van der Waals surface area contributed by atoms with Crippen LogP contribution in [-0.4, -0.2) is 27.7 Å². The fourth-order valence-electron chi connectivity index (χ4n) is 2.01. The average molecular weight is 291 g/mol. The van der Waals surface area contributed by atoms with Gasteiger partial charge in [0, 0.05) is 12.6 Å². The van der Waals surface area contributed by atoms with Crippen LogP contribution in [0.5, 0.6) is 5.75 Å². The van der Waals surface area contributed by atoms with Crippen molar-refractivity contribution in [3.05, 3.63) is 41.7 Å². The molecule has 21 heavy (non-hydrogen) atoms. The zero-order valence-corrected chi connectivity index (χ0v) is 12.3. The number of hydrogen-bond acceptors (Lipinski definition) is 4. The molecule has 0 radical (unpaired) electrons. The molecule has 1 heterocycles. The number of carbonyl (C=O) groups is 1. The van der Waals surface area contributed by atoms with Crippen molar-refractivity contribution in [2.45, 2.75) is 26.8 Å². The lowest BCUT2D eigenvalue weighted by atomic mass is 10.1. The van der Waals surface area contributed by atoms with E-state index in [0.29, 0.717) is 24.0 Å². The number of Topliss-reactive ketones (excluding diaryl/α,β-unsaturated/α-hetero) is 1. The highest BCUT2D eigenvalue weighted by molar-refractivity contribution is 5.97. The summed E-state index contributed by atoms with van der Waals surface area (Å²) in [7, 11) is 1.45. The summed E-state index contributed by atoms with van der Waals surface area (Å²) in [6.07, 6.45) is 1.44. The largest absolute Gasteiger partial charge is 0.497 e. The highest BCUT2D eigenvalue weighted by Crippen LogP contribution is 2.18. The first-order valence-corrected chi connectivity index (χ1v) is 6.74. The van der Waals surface area contributed by atoms with Crippen LogP contribution in [0.1, 0.15) is 30.0 Å². The van der Waals surface area contributed by atoms with Crippen LogP contribution < -0.4 is 4.74 Å². The van der Waals surface area contributed by atoms with Gasteiger partial charge in [-0.05, 0) is 18.1 Å². The molecular formula is C15H18FN3O2. The molecule has 2 aromatic rings. The third-order valence-corrected chi connectivity index (χ3v) is 3.03. The molecule has 0 saturated carbocycles. The van der Waals surface area contributed by atoms with Crippen molar-refractivity contribution in [2.24, 2.45) is 5.92 Å². The number of benzene rings is 1. The minimum absolute atomic E-state index is 0.0238. The SMILES string of the molecule is COc1ccc(C(=O)Cc2ncnn2CC(C)C)c(F)c1. The maximum atomic E-state index is 13.9. The predicted octanol–water partition coefficient (Wildman–Crippen LogP) is 2.51. The Bertz CT molecular complexity index is 638. The van der Waals surface area contributed by atoms with Crippen LogP contribution >= 0.6 is 0 Å². The molecule has 0 amide bonds. The fourth-order valence-corrected chi connectivity index (χ4v) is 2.01. The number of nitrogens with zero attached hydrogens (tertiary/aromatic N) is 3. The molecule has 0 N–H and O–H groups in total. The Kier molecular flexibility index (Phi) is 4.67. The van der Waals surface area contributed by atoms with E-state index < -0.39 is 5.82 Å². The van der Waals surface area contributed by atoms with Crippen LogP contribution in [-0.2, 0) is 13.0 Å². The summed E-state index contributed by atoms with van der Waals surface area (Å²) in [4.78, 5) is 16.3. The Hall–Kier alpha value is -2.24. The van der Waals surface area contributed by atoms with Gasteiger partial charge in [-0.1, -0.05) is 13.8 Å². The Morgan fingerprint density at radius 1 is 1.43 bits per heavy atom. The molecular weight excluding hydrogens is 273 g/mol. The van der Waals surface area contributed by atoms with Gasteiger partial charge >= 0.3 is 0 Å². The third-order valence-electron chi connectivity index (χ3n) is 3.03. The van der Waals surface area contributed by atoms with Crippen molar-refractivity contribution >= 4 is 5.78 Å². The summed E-state index contributed by atoms with van der Waals surface area (Å²) in [5.41, 5.74) is 0.0369. The van der Waals surface area contributed by atoms with Gasteiger partial charge in [0.25, 0.3) is 0 Å². The van der Waals surface area contributed by atoms with Gasteiger partial charge in [-0.15, -0.1) is 0 Å². The van der Waals surface area contributed by atoms with E-state index in [1.807, 2.05) is 0 Å². The zero-order valence-electron chi connectivity index (χ0n) is 12.3. The normalized spacial score (nSPS) is 10.9. The molecule has 0 saturated heterocycles. The van der Waals surface area contributed by atoms with Gasteiger partial charge in [0.1, 0.15) is 23.7 Å². The number of halogens is 1. The second-order valence-electron chi connectivity index (χ2n) is 5.20. The maximum Gasteiger partial charge on any atom is 0.173 e. The summed E-state index contributed by atoms with van der Waals surface area (Å²) < 4.78 is 20.5. The smallest absolute Gasteiger partial charge is 0.173 e. The lowest BCUT2D eigenvalue weighted by molar-refractivity contribution is 0.0985. The summed E-state index contributed by atoms with van der Waals surface area (Å²) in [6.45, 7) is 4.78. The topological polar surface area (TPSA) is 57.0 Å². The number of hydrogen-bond donors (Lipinski definition) is 0. The van der Waals surface area contributed by atoms with Crippen molar-refractivity contribution in [1.29, 1.82) is 0 Å². The number of aromatic nitrogens is 3. The van der Waals surface area contributed by atoms with E-state index in [4.69, 9.17) is 4.74 Å². The number of methoxy groups -OCH3 is 1. The first-order valence-electron chi connectivity index (χ1n) is 6.74. The quantitative estimate of drug-likeness (QED) is 0.767. The van der Waals surface area contributed by atoms with Crippen LogP contribution in [0.15, 0.2) is 24.5 Å². The van der Waals surface area contributed by atoms with Gasteiger partial charge in [0.05, 0.1) is 19.1 Å². The van der Waals surface area contributed by atoms with Gasteiger partial charge in [-0.2, -0.15) is 5.10 Å². The first-order chi connectivity index (χ1) is 10.0. The van der Waals surface area contributed by atoms with Crippen LogP contribution in [0.4, 0.5) is 4.39 Å². The van der Waals surface area contributed by atoms with Crippen molar-refractivity contribution < 1.29 is 13.9 Å². The molecule has 0 atom stereocenters. The minimum Gasteiger partial charge on any atom is -0.497 e. The number of rotatable bonds is 6. The van der Waals surface area contributed by atoms with E-state index in [0.717, 1.165) is 0 Å². The molecule has 0 fully saturated rings. The molecule has 0 unspecified atom stereocenters. The number of carbonyl (C=O) groups excluding carboxylic acids is 1. The zero-order chi connectivity index (χ0) is 15.4. The summed E-state index contributed by atoms with van der Waals surface area (Å²) in [6, 6.07) is 4.20. The highest BCUT2D eigenvalue weighted by Gasteiger charge is 2.16. The summed E-state index contributed by atoms with van der Waals surface area (Å²) in [5, 5.41) is 4.09. The van der Waals surface area contributed by atoms with E-state index >= 15 is 0 Å². The molecule has 0 aliphatic carbocycles. The van der Waals surface area contributed by atoms with Gasteiger partial charge in [0.2, 0.25) is 0 Å². The second kappa shape index (κ2) is 6.47. The minimum atomic E-state index is -0.589. The van der Waals surface area contributed by atoms with Gasteiger partial charge < -0.3 is 4.74 Å². The highest BCUT2D eigenvalue weighted by atomic mass is 19.1. The fraction of sp³-hybridized carbons (Fsp3) is 0.400. The molecule has 2 rings (SSSR count). The van der Waals surface area contributed by atoms with Crippen molar-refractivity contribution in [3.63, 3.8) is 0 Å². The van der Waals surface area contributed by atoms with Crippen LogP contribution in [0.3, 0.4) is 0 Å². The molecule has 112 valence electrons. The Morgan fingerprint density at radius 3 is 2.81 bits per heavy atom. The molecule has 1 aromatic heterocycles. The Morgan fingerprint density at radius 2 is 2.19 bits per heavy atom. The molecule has 6 heteroatoms. The standard InChI is InChI=1S/C15H18FN3O2/c1-10(2)8-19-15(17-9-18-19)7-14(20)12-5-4-11(21-3)6-13(12)16/h4-6,9-10H,7-8H2,1-3H3. The van der Waals surface area contributed by atoms with Crippen molar-refractivity contribution in [3.8, 4) is 5.75 Å². The third kappa shape index (κ3) is 3.65. The molecule has 0 aliphatic rings. The van der Waals surface area contributed by atoms with Gasteiger partial charge in [0.15, 0.2) is 5.78 Å². The van der Waals surface area contributed by atoms with Crippen molar-refractivity contribution in [1.82, 2.24) is 14.8 Å². The second-order valence-corrected chi connectivity index (χ2v) is 5.20. The monoisotopic (exact) mass is 291 g/mol. The summed E-state index contributed by atoms with van der Waals surface area (Å²) >= 11 is 0. The van der Waals surface area contributed by atoms with E-state index in [1.54, 1.807) is 10.7 Å². The van der Waals surface area contributed by atoms with E-state index in [2.05, 4.69) is 23.9 Å². The van der Waals surface area contributed by atoms with Gasteiger partial charge in [-0.3, -0.25) is 4.79 Å². The van der Waals surface area contributed by atoms with E-state index in [1.165, 1.54) is 25.6 Å². The molecule has 0 bridgehead atoms. The Labute approximate surface area is 122 Å². The van der Waals surface area contributed by atoms with Gasteiger partial charge in [-0.25, -0.2) is 14.1 Å². The number of ether oxygens (including phenoxy) is 1. The molecule has 0 aliphatic heterocycles. The Balaban J connectivity index is 2.17. The van der Waals surface area contributed by atoms with Crippen LogP contribution in [0, 0.1) is 11.7 Å². The molecule has 0 spiro atoms. The molecule has 1 aromatic carbocycles. The molecule has 5 nitrogen and oxygen atoms in total.